The summed E-state index contributed by atoms with van der Waals surface area (Å²) in [6.45, 7) is 4.01. The minimum atomic E-state index is -4.65. The van der Waals surface area contributed by atoms with Crippen molar-refractivity contribution < 1.29 is 22.9 Å². The quantitative estimate of drug-likeness (QED) is 0.456. The topological polar surface area (TPSA) is 84.3 Å². The largest absolute Gasteiger partial charge is 0.416 e. The van der Waals surface area contributed by atoms with E-state index in [4.69, 9.17) is 0 Å². The van der Waals surface area contributed by atoms with Crippen LogP contribution in [0.15, 0.2) is 18.2 Å². The van der Waals surface area contributed by atoms with E-state index in [0.29, 0.717) is 12.5 Å². The van der Waals surface area contributed by atoms with E-state index in [1.807, 2.05) is 6.92 Å². The maximum Gasteiger partial charge on any atom is 0.416 e. The van der Waals surface area contributed by atoms with Gasteiger partial charge in [0.2, 0.25) is 5.91 Å². The number of nitrogens with one attached hydrogen (secondary N) is 2. The zero-order chi connectivity index (χ0) is 17.6. The van der Waals surface area contributed by atoms with Gasteiger partial charge in [-0.05, 0) is 18.6 Å². The van der Waals surface area contributed by atoms with Crippen LogP contribution in [0.25, 0.3) is 0 Å². The number of benzene rings is 1. The Labute approximate surface area is 131 Å². The summed E-state index contributed by atoms with van der Waals surface area (Å²) in [5, 5.41) is 16.2. The predicted octanol–water partition coefficient (Wildman–Crippen LogP) is 3.19. The zero-order valence-electron chi connectivity index (χ0n) is 12.7. The van der Waals surface area contributed by atoms with Gasteiger partial charge in [-0.15, -0.1) is 0 Å². The first-order valence-corrected chi connectivity index (χ1v) is 7.04. The first kappa shape index (κ1) is 18.7. The second kappa shape index (κ2) is 7.80. The van der Waals surface area contributed by atoms with Gasteiger partial charge in [0.1, 0.15) is 5.69 Å². The molecule has 1 aromatic rings. The van der Waals surface area contributed by atoms with Gasteiger partial charge in [-0.2, -0.15) is 13.2 Å². The molecule has 0 aromatic heterocycles. The van der Waals surface area contributed by atoms with Crippen molar-refractivity contribution in [1.29, 1.82) is 0 Å². The Morgan fingerprint density at radius 2 is 2.00 bits per heavy atom. The van der Waals surface area contributed by atoms with Crippen LogP contribution in [0.3, 0.4) is 0 Å². The number of carbonyl (C=O) groups is 1. The van der Waals surface area contributed by atoms with Gasteiger partial charge in [0.05, 0.1) is 10.5 Å². The molecule has 0 aliphatic rings. The molecular weight excluding hydrogens is 315 g/mol. The van der Waals surface area contributed by atoms with Gasteiger partial charge < -0.3 is 10.6 Å². The number of carbonyl (C=O) groups excluding carboxylic acids is 1. The SMILES string of the molecule is CC[C@H](C)C(=O)NCCNc1ccc(C(F)(F)F)cc1[N+](=O)[O-]. The summed E-state index contributed by atoms with van der Waals surface area (Å²) in [7, 11) is 0. The highest BCUT2D eigenvalue weighted by molar-refractivity contribution is 5.78. The van der Waals surface area contributed by atoms with E-state index in [2.05, 4.69) is 10.6 Å². The number of nitro benzene ring substituents is 1. The first-order valence-electron chi connectivity index (χ1n) is 7.04. The fraction of sp³-hybridized carbons (Fsp3) is 0.500. The molecule has 0 aliphatic heterocycles. The molecule has 0 saturated heterocycles. The maximum absolute atomic E-state index is 12.6. The van der Waals surface area contributed by atoms with Crippen LogP contribution in [0, 0.1) is 16.0 Å². The van der Waals surface area contributed by atoms with E-state index in [0.717, 1.165) is 12.1 Å². The Balaban J connectivity index is 2.70. The van der Waals surface area contributed by atoms with Gasteiger partial charge in [0.25, 0.3) is 5.69 Å². The number of hydrogen-bond donors (Lipinski definition) is 2. The molecule has 1 atom stereocenters. The zero-order valence-corrected chi connectivity index (χ0v) is 12.7. The average Bonchev–Trinajstić information content (AvgIpc) is 2.49. The molecule has 0 bridgehead atoms. The molecule has 0 unspecified atom stereocenters. The standard InChI is InChI=1S/C14H18F3N3O3/c1-3-9(2)13(21)19-7-6-18-11-5-4-10(14(15,16)17)8-12(11)20(22)23/h4-5,8-9,18H,3,6-7H2,1-2H3,(H,19,21)/t9-/m0/s1. The van der Waals surface area contributed by atoms with Crippen molar-refractivity contribution in [3.63, 3.8) is 0 Å². The maximum atomic E-state index is 12.6. The van der Waals surface area contributed by atoms with Gasteiger partial charge in [-0.3, -0.25) is 14.9 Å². The van der Waals surface area contributed by atoms with Crippen molar-refractivity contribution in [2.24, 2.45) is 5.92 Å². The van der Waals surface area contributed by atoms with Crippen LogP contribution < -0.4 is 10.6 Å². The van der Waals surface area contributed by atoms with Crippen LogP contribution in [-0.4, -0.2) is 23.9 Å². The Hall–Kier alpha value is -2.32. The number of nitro groups is 1. The molecule has 0 aliphatic carbocycles. The number of hydrogen-bond acceptors (Lipinski definition) is 4. The monoisotopic (exact) mass is 333 g/mol. The Morgan fingerprint density at radius 3 is 2.52 bits per heavy atom. The molecule has 0 heterocycles. The molecule has 2 N–H and O–H groups in total. The molecule has 9 heteroatoms. The molecule has 1 rings (SSSR count). The van der Waals surface area contributed by atoms with Crippen molar-refractivity contribution >= 4 is 17.3 Å². The van der Waals surface area contributed by atoms with Crippen LogP contribution in [0.4, 0.5) is 24.5 Å². The number of amides is 1. The molecule has 0 fully saturated rings. The Kier molecular flexibility index (Phi) is 6.35. The molecule has 6 nitrogen and oxygen atoms in total. The molecule has 1 aromatic carbocycles. The first-order chi connectivity index (χ1) is 10.7. The Bertz CT molecular complexity index is 576. The van der Waals surface area contributed by atoms with Gasteiger partial charge in [0.15, 0.2) is 0 Å². The molecule has 0 saturated carbocycles. The third-order valence-electron chi connectivity index (χ3n) is 3.32. The van der Waals surface area contributed by atoms with Gasteiger partial charge in [-0.1, -0.05) is 13.8 Å². The third-order valence-corrected chi connectivity index (χ3v) is 3.32. The van der Waals surface area contributed by atoms with E-state index in [-0.39, 0.29) is 30.6 Å². The fourth-order valence-corrected chi connectivity index (χ4v) is 1.75. The number of alkyl halides is 3. The third kappa shape index (κ3) is 5.42. The molecule has 0 spiro atoms. The van der Waals surface area contributed by atoms with Crippen LogP contribution >= 0.6 is 0 Å². The van der Waals surface area contributed by atoms with Crippen molar-refractivity contribution in [2.75, 3.05) is 18.4 Å². The molecule has 128 valence electrons. The normalized spacial score (nSPS) is 12.6. The molecule has 0 radical (unpaired) electrons. The van der Waals surface area contributed by atoms with Crippen molar-refractivity contribution in [3.05, 3.63) is 33.9 Å². The predicted molar refractivity (Wildman–Crippen MR) is 79.1 cm³/mol. The molecule has 23 heavy (non-hydrogen) atoms. The second-order valence-electron chi connectivity index (χ2n) is 5.01. The highest BCUT2D eigenvalue weighted by Gasteiger charge is 2.32. The summed E-state index contributed by atoms with van der Waals surface area (Å²) < 4.78 is 37.7. The number of nitrogens with zero attached hydrogens (tertiary/aromatic N) is 1. The van der Waals surface area contributed by atoms with Crippen LogP contribution in [0.1, 0.15) is 25.8 Å². The van der Waals surface area contributed by atoms with E-state index < -0.39 is 22.4 Å². The van der Waals surface area contributed by atoms with Gasteiger partial charge >= 0.3 is 6.18 Å². The summed E-state index contributed by atoms with van der Waals surface area (Å²) in [6, 6.07) is 2.27. The lowest BCUT2D eigenvalue weighted by atomic mass is 10.1. The van der Waals surface area contributed by atoms with Crippen LogP contribution in [0.2, 0.25) is 0 Å². The van der Waals surface area contributed by atoms with E-state index in [1.165, 1.54) is 0 Å². The smallest absolute Gasteiger partial charge is 0.378 e. The summed E-state index contributed by atoms with van der Waals surface area (Å²) in [4.78, 5) is 21.6. The van der Waals surface area contributed by atoms with Crippen LogP contribution in [-0.2, 0) is 11.0 Å². The van der Waals surface area contributed by atoms with Gasteiger partial charge in [-0.25, -0.2) is 0 Å². The van der Waals surface area contributed by atoms with Crippen LogP contribution in [0.5, 0.6) is 0 Å². The van der Waals surface area contributed by atoms with E-state index in [9.17, 15) is 28.1 Å². The summed E-state index contributed by atoms with van der Waals surface area (Å²) in [6.07, 6.45) is -3.96. The van der Waals surface area contributed by atoms with Gasteiger partial charge in [0, 0.05) is 25.1 Å². The molecular formula is C14H18F3N3O3. The van der Waals surface area contributed by atoms with Crippen molar-refractivity contribution in [2.45, 2.75) is 26.4 Å². The number of halogens is 3. The Morgan fingerprint density at radius 1 is 1.35 bits per heavy atom. The summed E-state index contributed by atoms with van der Waals surface area (Å²) >= 11 is 0. The van der Waals surface area contributed by atoms with E-state index in [1.54, 1.807) is 6.92 Å². The summed E-state index contributed by atoms with van der Waals surface area (Å²) in [5.41, 5.74) is -1.77. The fourth-order valence-electron chi connectivity index (χ4n) is 1.75. The lowest BCUT2D eigenvalue weighted by Gasteiger charge is -2.12. The number of rotatable bonds is 7. The lowest BCUT2D eigenvalue weighted by molar-refractivity contribution is -0.384. The molecule has 1 amide bonds. The van der Waals surface area contributed by atoms with E-state index >= 15 is 0 Å². The average molecular weight is 333 g/mol. The highest BCUT2D eigenvalue weighted by Crippen LogP contribution is 2.34. The second-order valence-corrected chi connectivity index (χ2v) is 5.01. The lowest BCUT2D eigenvalue weighted by Crippen LogP contribution is -2.32. The summed E-state index contributed by atoms with van der Waals surface area (Å²) in [5.74, 6) is -0.286. The van der Waals surface area contributed by atoms with Crippen molar-refractivity contribution in [3.8, 4) is 0 Å². The number of anilines is 1. The minimum absolute atomic E-state index is 0.0270. The minimum Gasteiger partial charge on any atom is -0.378 e. The highest BCUT2D eigenvalue weighted by atomic mass is 19.4. The van der Waals surface area contributed by atoms with Crippen molar-refractivity contribution in [1.82, 2.24) is 5.32 Å².